The maximum Gasteiger partial charge on any atom is 0.325 e. The number of hydrogen-bond acceptors (Lipinski definition) is 4. The number of ether oxygens (including phenoxy) is 1. The molecule has 0 aliphatic heterocycles. The van der Waals surface area contributed by atoms with E-state index in [4.69, 9.17) is 0 Å². The van der Waals surface area contributed by atoms with Gasteiger partial charge in [0.15, 0.2) is 0 Å². The minimum Gasteiger partial charge on any atom is -0.468 e. The summed E-state index contributed by atoms with van der Waals surface area (Å²) in [4.78, 5) is 11.3. The number of nitrogens with zero attached hydrogens (tertiary/aromatic N) is 1. The van der Waals surface area contributed by atoms with Crippen molar-refractivity contribution in [3.05, 3.63) is 18.0 Å². The smallest absolute Gasteiger partial charge is 0.325 e. The first kappa shape index (κ1) is 10.7. The van der Waals surface area contributed by atoms with Gasteiger partial charge in [-0.05, 0) is 19.9 Å². The molecular formula is C9H15N3O2. The normalized spacial score (nSPS) is 11.4. The van der Waals surface area contributed by atoms with E-state index in [9.17, 15) is 4.79 Å². The van der Waals surface area contributed by atoms with E-state index in [1.807, 2.05) is 6.07 Å². The van der Waals surface area contributed by atoms with Crippen LogP contribution in [0.25, 0.3) is 0 Å². The van der Waals surface area contributed by atoms with Crippen LogP contribution in [0.15, 0.2) is 12.3 Å². The third-order valence-corrected chi connectivity index (χ3v) is 1.97. The lowest BCUT2D eigenvalue weighted by Gasteiger charge is -2.22. The molecular weight excluding hydrogens is 182 g/mol. The predicted molar refractivity (Wildman–Crippen MR) is 51.5 cm³/mol. The van der Waals surface area contributed by atoms with E-state index in [0.29, 0.717) is 6.54 Å². The molecule has 1 rings (SSSR count). The molecule has 1 heterocycles. The molecule has 0 unspecified atom stereocenters. The summed E-state index contributed by atoms with van der Waals surface area (Å²) in [6.45, 7) is 4.10. The van der Waals surface area contributed by atoms with Crippen molar-refractivity contribution in [1.82, 2.24) is 15.5 Å². The molecule has 0 saturated carbocycles. The molecule has 2 N–H and O–H groups in total. The van der Waals surface area contributed by atoms with E-state index in [1.165, 1.54) is 7.11 Å². The molecule has 14 heavy (non-hydrogen) atoms. The molecule has 0 radical (unpaired) electrons. The SMILES string of the molecule is COC(=O)C(C)(C)NCc1ccn[nH]1. The van der Waals surface area contributed by atoms with Crippen molar-refractivity contribution in [2.75, 3.05) is 7.11 Å². The molecule has 0 amide bonds. The Hall–Kier alpha value is -1.36. The van der Waals surface area contributed by atoms with Crippen LogP contribution in [0.3, 0.4) is 0 Å². The largest absolute Gasteiger partial charge is 0.468 e. The summed E-state index contributed by atoms with van der Waals surface area (Å²) in [5.41, 5.74) is 0.252. The molecule has 0 aliphatic carbocycles. The van der Waals surface area contributed by atoms with Crippen LogP contribution in [0.2, 0.25) is 0 Å². The van der Waals surface area contributed by atoms with Crippen molar-refractivity contribution in [1.29, 1.82) is 0 Å². The first-order valence-corrected chi connectivity index (χ1v) is 4.38. The number of nitrogens with one attached hydrogen (secondary N) is 2. The van der Waals surface area contributed by atoms with Crippen molar-refractivity contribution in [3.8, 4) is 0 Å². The predicted octanol–water partition coefficient (Wildman–Crippen LogP) is 0.451. The van der Waals surface area contributed by atoms with Crippen LogP contribution < -0.4 is 5.32 Å². The number of aromatic nitrogens is 2. The van der Waals surface area contributed by atoms with Crippen molar-refractivity contribution in [3.63, 3.8) is 0 Å². The Morgan fingerprint density at radius 3 is 2.93 bits per heavy atom. The summed E-state index contributed by atoms with van der Waals surface area (Å²) in [7, 11) is 1.38. The first-order chi connectivity index (χ1) is 6.56. The minimum atomic E-state index is -0.681. The van der Waals surface area contributed by atoms with Gasteiger partial charge in [0, 0.05) is 18.4 Å². The van der Waals surface area contributed by atoms with Crippen LogP contribution in [0, 0.1) is 0 Å². The van der Waals surface area contributed by atoms with Crippen LogP contribution >= 0.6 is 0 Å². The minimum absolute atomic E-state index is 0.281. The maximum atomic E-state index is 11.3. The Balaban J connectivity index is 2.48. The van der Waals surface area contributed by atoms with Crippen LogP contribution in [0.4, 0.5) is 0 Å². The average Bonchev–Trinajstić information content (AvgIpc) is 2.66. The molecule has 1 aromatic heterocycles. The number of aromatic amines is 1. The third-order valence-electron chi connectivity index (χ3n) is 1.97. The Kier molecular flexibility index (Phi) is 3.24. The number of hydrogen-bond donors (Lipinski definition) is 2. The summed E-state index contributed by atoms with van der Waals surface area (Å²) < 4.78 is 4.66. The van der Waals surface area contributed by atoms with E-state index in [-0.39, 0.29) is 5.97 Å². The number of carbonyl (C=O) groups is 1. The fraction of sp³-hybridized carbons (Fsp3) is 0.556. The fourth-order valence-electron chi connectivity index (χ4n) is 1.03. The molecule has 78 valence electrons. The molecule has 0 spiro atoms. The van der Waals surface area contributed by atoms with Gasteiger partial charge in [0.05, 0.1) is 7.11 Å². The number of rotatable bonds is 4. The van der Waals surface area contributed by atoms with Crippen molar-refractivity contribution < 1.29 is 9.53 Å². The van der Waals surface area contributed by atoms with Crippen LogP contribution in [-0.4, -0.2) is 28.8 Å². The monoisotopic (exact) mass is 197 g/mol. The van der Waals surface area contributed by atoms with E-state index < -0.39 is 5.54 Å². The first-order valence-electron chi connectivity index (χ1n) is 4.38. The summed E-state index contributed by atoms with van der Waals surface area (Å²) in [5.74, 6) is -0.281. The van der Waals surface area contributed by atoms with Gasteiger partial charge in [-0.3, -0.25) is 15.2 Å². The number of esters is 1. The van der Waals surface area contributed by atoms with Gasteiger partial charge in [-0.15, -0.1) is 0 Å². The molecule has 1 aromatic rings. The zero-order chi connectivity index (χ0) is 10.6. The van der Waals surface area contributed by atoms with Gasteiger partial charge in [-0.1, -0.05) is 0 Å². The lowest BCUT2D eigenvalue weighted by molar-refractivity contribution is -0.147. The maximum absolute atomic E-state index is 11.3. The van der Waals surface area contributed by atoms with E-state index in [2.05, 4.69) is 20.3 Å². The highest BCUT2D eigenvalue weighted by Gasteiger charge is 2.27. The molecule has 5 heteroatoms. The highest BCUT2D eigenvalue weighted by atomic mass is 16.5. The number of carbonyl (C=O) groups excluding carboxylic acids is 1. The summed E-state index contributed by atoms with van der Waals surface area (Å²) in [5, 5.41) is 9.68. The number of H-pyrrole nitrogens is 1. The van der Waals surface area contributed by atoms with Gasteiger partial charge in [-0.2, -0.15) is 5.10 Å². The van der Waals surface area contributed by atoms with Gasteiger partial charge in [0.25, 0.3) is 0 Å². The zero-order valence-electron chi connectivity index (χ0n) is 8.63. The number of methoxy groups -OCH3 is 1. The highest BCUT2D eigenvalue weighted by Crippen LogP contribution is 2.05. The second-order valence-electron chi connectivity index (χ2n) is 3.55. The second kappa shape index (κ2) is 4.23. The third kappa shape index (κ3) is 2.56. The molecule has 0 aliphatic rings. The highest BCUT2D eigenvalue weighted by molar-refractivity contribution is 5.79. The summed E-state index contributed by atoms with van der Waals surface area (Å²) in [6, 6.07) is 1.85. The Bertz CT molecular complexity index is 293. The topological polar surface area (TPSA) is 67.0 Å². The molecule has 0 fully saturated rings. The molecule has 0 bridgehead atoms. The van der Waals surface area contributed by atoms with E-state index >= 15 is 0 Å². The van der Waals surface area contributed by atoms with Crippen molar-refractivity contribution in [2.45, 2.75) is 25.9 Å². The quantitative estimate of drug-likeness (QED) is 0.688. The molecule has 0 saturated heterocycles. The zero-order valence-corrected chi connectivity index (χ0v) is 8.63. The van der Waals surface area contributed by atoms with Crippen molar-refractivity contribution in [2.24, 2.45) is 0 Å². The summed E-state index contributed by atoms with van der Waals surface area (Å²) in [6.07, 6.45) is 1.67. The molecule has 0 aromatic carbocycles. The van der Waals surface area contributed by atoms with Gasteiger partial charge in [0.2, 0.25) is 0 Å². The molecule has 0 atom stereocenters. The van der Waals surface area contributed by atoms with Gasteiger partial charge in [0.1, 0.15) is 5.54 Å². The van der Waals surface area contributed by atoms with Crippen LogP contribution in [0.5, 0.6) is 0 Å². The van der Waals surface area contributed by atoms with E-state index in [0.717, 1.165) is 5.69 Å². The van der Waals surface area contributed by atoms with Crippen LogP contribution in [-0.2, 0) is 16.1 Å². The Morgan fingerprint density at radius 2 is 2.43 bits per heavy atom. The second-order valence-corrected chi connectivity index (χ2v) is 3.55. The van der Waals surface area contributed by atoms with Crippen LogP contribution in [0.1, 0.15) is 19.5 Å². The lowest BCUT2D eigenvalue weighted by Crippen LogP contribution is -2.47. The van der Waals surface area contributed by atoms with Crippen molar-refractivity contribution >= 4 is 5.97 Å². The average molecular weight is 197 g/mol. The van der Waals surface area contributed by atoms with E-state index in [1.54, 1.807) is 20.0 Å². The van der Waals surface area contributed by atoms with Gasteiger partial charge < -0.3 is 4.74 Å². The van der Waals surface area contributed by atoms with Gasteiger partial charge >= 0.3 is 5.97 Å². The lowest BCUT2D eigenvalue weighted by atomic mass is 10.1. The standard InChI is InChI=1S/C9H15N3O2/c1-9(2,8(13)14-3)10-6-7-4-5-11-12-7/h4-5,10H,6H2,1-3H3,(H,11,12). The van der Waals surface area contributed by atoms with Gasteiger partial charge in [-0.25, -0.2) is 0 Å². The Morgan fingerprint density at radius 1 is 1.71 bits per heavy atom. The molecule has 5 nitrogen and oxygen atoms in total. The Labute approximate surface area is 82.8 Å². The fourth-order valence-corrected chi connectivity index (χ4v) is 1.03. The summed E-state index contributed by atoms with van der Waals surface area (Å²) >= 11 is 0.